The standard InChI is InChI=1S/C6H6N4O2/c1-2-6(11-3-1)4-12-10-5-7-8-9-10/h1-3,5H,4H2. The van der Waals surface area contributed by atoms with Gasteiger partial charge in [0, 0.05) is 0 Å². The molecule has 0 radical (unpaired) electrons. The SMILES string of the molecule is c1coc(COn2cnnn2)c1. The Morgan fingerprint density at radius 2 is 2.58 bits per heavy atom. The van der Waals surface area contributed by atoms with Crippen LogP contribution in [0.2, 0.25) is 0 Å². The van der Waals surface area contributed by atoms with E-state index < -0.39 is 0 Å². The molecule has 0 bridgehead atoms. The van der Waals surface area contributed by atoms with E-state index in [1.54, 1.807) is 12.3 Å². The molecule has 0 spiro atoms. The van der Waals surface area contributed by atoms with Crippen molar-refractivity contribution in [1.29, 1.82) is 0 Å². The first-order valence-electron chi connectivity index (χ1n) is 3.34. The molecule has 62 valence electrons. The lowest BCUT2D eigenvalue weighted by molar-refractivity contribution is 0.0555. The van der Waals surface area contributed by atoms with Crippen molar-refractivity contribution in [2.45, 2.75) is 6.61 Å². The Bertz CT molecular complexity index is 281. The van der Waals surface area contributed by atoms with Gasteiger partial charge in [0.25, 0.3) is 0 Å². The molecule has 0 fully saturated rings. The van der Waals surface area contributed by atoms with Crippen LogP contribution in [0.1, 0.15) is 5.76 Å². The third kappa shape index (κ3) is 1.42. The molecule has 0 atom stereocenters. The predicted molar refractivity (Wildman–Crippen MR) is 36.8 cm³/mol. The fourth-order valence-corrected chi connectivity index (χ4v) is 0.736. The molecule has 2 heterocycles. The van der Waals surface area contributed by atoms with Gasteiger partial charge in [-0.2, -0.15) is 0 Å². The van der Waals surface area contributed by atoms with Crippen LogP contribution in [0.3, 0.4) is 0 Å². The summed E-state index contributed by atoms with van der Waals surface area (Å²) in [6, 6.07) is 3.60. The topological polar surface area (TPSA) is 66.0 Å². The Morgan fingerprint density at radius 1 is 1.58 bits per heavy atom. The number of furan rings is 1. The van der Waals surface area contributed by atoms with Crippen molar-refractivity contribution in [3.8, 4) is 0 Å². The van der Waals surface area contributed by atoms with Crippen molar-refractivity contribution < 1.29 is 9.25 Å². The van der Waals surface area contributed by atoms with Crippen LogP contribution in [0.5, 0.6) is 0 Å². The summed E-state index contributed by atoms with van der Waals surface area (Å²) in [5.74, 6) is 0.727. The molecule has 0 aliphatic heterocycles. The minimum absolute atomic E-state index is 0.317. The molecular formula is C6H6N4O2. The average molecular weight is 166 g/mol. The highest BCUT2D eigenvalue weighted by molar-refractivity contribution is 4.95. The van der Waals surface area contributed by atoms with E-state index in [0.29, 0.717) is 6.61 Å². The third-order valence-electron chi connectivity index (χ3n) is 1.25. The number of hydrogen-bond acceptors (Lipinski definition) is 5. The van der Waals surface area contributed by atoms with E-state index in [1.165, 1.54) is 11.2 Å². The molecule has 0 saturated heterocycles. The monoisotopic (exact) mass is 166 g/mol. The lowest BCUT2D eigenvalue weighted by Gasteiger charge is -1.98. The molecule has 0 saturated carbocycles. The second kappa shape index (κ2) is 3.04. The number of tetrazole rings is 1. The minimum Gasteiger partial charge on any atom is -0.466 e. The molecule has 0 amide bonds. The van der Waals surface area contributed by atoms with E-state index in [-0.39, 0.29) is 0 Å². The maximum absolute atomic E-state index is 5.08. The Morgan fingerprint density at radius 3 is 3.25 bits per heavy atom. The van der Waals surface area contributed by atoms with Crippen LogP contribution in [0.4, 0.5) is 0 Å². The zero-order valence-electron chi connectivity index (χ0n) is 6.12. The van der Waals surface area contributed by atoms with Crippen LogP contribution in [0.25, 0.3) is 0 Å². The molecule has 2 aromatic rings. The lowest BCUT2D eigenvalue weighted by Crippen LogP contribution is -2.11. The van der Waals surface area contributed by atoms with Gasteiger partial charge in [-0.1, -0.05) is 4.85 Å². The van der Waals surface area contributed by atoms with Gasteiger partial charge in [0.2, 0.25) is 0 Å². The predicted octanol–water partition coefficient (Wildman–Crippen LogP) is -0.105. The fraction of sp³-hybridized carbons (Fsp3) is 0.167. The Hall–Kier alpha value is -1.85. The smallest absolute Gasteiger partial charge is 0.179 e. The largest absolute Gasteiger partial charge is 0.466 e. The first-order valence-corrected chi connectivity index (χ1v) is 3.34. The second-order valence-electron chi connectivity index (χ2n) is 2.07. The average Bonchev–Trinajstić information content (AvgIpc) is 2.74. The molecule has 2 rings (SSSR count). The summed E-state index contributed by atoms with van der Waals surface area (Å²) in [6.07, 6.45) is 2.95. The van der Waals surface area contributed by atoms with Crippen LogP contribution < -0.4 is 4.84 Å². The van der Waals surface area contributed by atoms with Gasteiger partial charge in [0.05, 0.1) is 6.26 Å². The molecule has 2 aromatic heterocycles. The van der Waals surface area contributed by atoms with Crippen molar-refractivity contribution in [2.24, 2.45) is 0 Å². The van der Waals surface area contributed by atoms with Gasteiger partial charge in [0.1, 0.15) is 5.76 Å². The Kier molecular flexibility index (Phi) is 1.73. The summed E-state index contributed by atoms with van der Waals surface area (Å²) in [5, 5.41) is 10.3. The van der Waals surface area contributed by atoms with E-state index in [1.807, 2.05) is 6.07 Å². The quantitative estimate of drug-likeness (QED) is 0.636. The molecule has 6 nitrogen and oxygen atoms in total. The van der Waals surface area contributed by atoms with Crippen molar-refractivity contribution in [1.82, 2.24) is 20.4 Å². The first kappa shape index (κ1) is 6.84. The first-order chi connectivity index (χ1) is 5.95. The van der Waals surface area contributed by atoms with E-state index in [4.69, 9.17) is 9.25 Å². The summed E-state index contributed by atoms with van der Waals surface area (Å²) < 4.78 is 5.02. The van der Waals surface area contributed by atoms with Crippen LogP contribution >= 0.6 is 0 Å². The normalized spacial score (nSPS) is 10.0. The third-order valence-corrected chi connectivity index (χ3v) is 1.25. The van der Waals surface area contributed by atoms with Crippen LogP contribution in [-0.4, -0.2) is 20.4 Å². The maximum Gasteiger partial charge on any atom is 0.179 e. The van der Waals surface area contributed by atoms with Gasteiger partial charge < -0.3 is 9.25 Å². The van der Waals surface area contributed by atoms with Gasteiger partial charge in [-0.3, -0.25) is 0 Å². The van der Waals surface area contributed by atoms with E-state index in [2.05, 4.69) is 15.5 Å². The van der Waals surface area contributed by atoms with E-state index in [0.717, 1.165) is 5.76 Å². The Labute approximate surface area is 67.7 Å². The van der Waals surface area contributed by atoms with Crippen molar-refractivity contribution >= 4 is 0 Å². The van der Waals surface area contributed by atoms with Gasteiger partial charge >= 0.3 is 0 Å². The highest BCUT2D eigenvalue weighted by Gasteiger charge is 1.96. The zero-order chi connectivity index (χ0) is 8.23. The minimum atomic E-state index is 0.317. The van der Waals surface area contributed by atoms with Gasteiger partial charge in [0.15, 0.2) is 12.9 Å². The van der Waals surface area contributed by atoms with Gasteiger partial charge in [-0.05, 0) is 22.6 Å². The molecule has 0 unspecified atom stereocenters. The lowest BCUT2D eigenvalue weighted by atomic mass is 10.5. The summed E-state index contributed by atoms with van der Waals surface area (Å²) in [6.45, 7) is 0.317. The van der Waals surface area contributed by atoms with Crippen LogP contribution in [0, 0.1) is 0 Å². The highest BCUT2D eigenvalue weighted by atomic mass is 16.7. The maximum atomic E-state index is 5.08. The van der Waals surface area contributed by atoms with E-state index >= 15 is 0 Å². The van der Waals surface area contributed by atoms with Gasteiger partial charge in [-0.15, -0.1) is 5.10 Å². The molecular weight excluding hydrogens is 160 g/mol. The summed E-state index contributed by atoms with van der Waals surface area (Å²) >= 11 is 0. The number of aromatic nitrogens is 4. The molecule has 0 N–H and O–H groups in total. The van der Waals surface area contributed by atoms with Crippen molar-refractivity contribution in [2.75, 3.05) is 0 Å². The number of nitrogens with zero attached hydrogens (tertiary/aromatic N) is 4. The van der Waals surface area contributed by atoms with Crippen LogP contribution in [0.15, 0.2) is 29.1 Å². The summed E-state index contributed by atoms with van der Waals surface area (Å²) in [7, 11) is 0. The molecule has 0 aliphatic carbocycles. The number of hydrogen-bond donors (Lipinski definition) is 0. The zero-order valence-corrected chi connectivity index (χ0v) is 6.12. The van der Waals surface area contributed by atoms with Crippen LogP contribution in [-0.2, 0) is 6.61 Å². The van der Waals surface area contributed by atoms with Gasteiger partial charge in [-0.25, -0.2) is 0 Å². The van der Waals surface area contributed by atoms with E-state index in [9.17, 15) is 0 Å². The van der Waals surface area contributed by atoms with Crippen molar-refractivity contribution in [3.63, 3.8) is 0 Å². The molecule has 12 heavy (non-hydrogen) atoms. The molecule has 6 heteroatoms. The fourth-order valence-electron chi connectivity index (χ4n) is 0.736. The Balaban J connectivity index is 1.91. The summed E-state index contributed by atoms with van der Waals surface area (Å²) in [4.78, 5) is 6.25. The molecule has 0 aliphatic rings. The highest BCUT2D eigenvalue weighted by Crippen LogP contribution is 1.98. The second-order valence-corrected chi connectivity index (χ2v) is 2.07. The summed E-state index contributed by atoms with van der Waals surface area (Å²) in [5.41, 5.74) is 0. The van der Waals surface area contributed by atoms with Crippen molar-refractivity contribution in [3.05, 3.63) is 30.5 Å². The molecule has 0 aromatic carbocycles. The number of rotatable bonds is 3.